The Hall–Kier alpha value is -3.57. The van der Waals surface area contributed by atoms with Crippen LogP contribution in [-0.2, 0) is 11.8 Å². The molecule has 0 spiro atoms. The lowest BCUT2D eigenvalue weighted by molar-refractivity contribution is -0.125. The van der Waals surface area contributed by atoms with Crippen LogP contribution in [0.5, 0.6) is 0 Å². The first kappa shape index (κ1) is 23.8. The summed E-state index contributed by atoms with van der Waals surface area (Å²) in [4.78, 5) is 34.5. The van der Waals surface area contributed by atoms with Crippen LogP contribution < -0.4 is 10.6 Å². The van der Waals surface area contributed by atoms with Crippen LogP contribution in [0.25, 0.3) is 15.3 Å². The van der Waals surface area contributed by atoms with Crippen LogP contribution in [0.15, 0.2) is 37.1 Å². The topological polar surface area (TPSA) is 109 Å². The first-order chi connectivity index (χ1) is 17.9. The number of likely N-dealkylation sites (tertiary alicyclic amines) is 1. The summed E-state index contributed by atoms with van der Waals surface area (Å²) in [7, 11) is 1.87. The van der Waals surface area contributed by atoms with Crippen molar-refractivity contribution < 1.29 is 9.59 Å². The molecule has 1 aliphatic carbocycles. The fraction of sp³-hybridized carbons (Fsp3) is 0.423. The van der Waals surface area contributed by atoms with E-state index in [-0.39, 0.29) is 17.7 Å². The average Bonchev–Trinajstić information content (AvgIpc) is 3.63. The van der Waals surface area contributed by atoms with E-state index in [0.717, 1.165) is 40.8 Å². The molecule has 0 unspecified atom stereocenters. The van der Waals surface area contributed by atoms with Crippen LogP contribution in [0.4, 0.5) is 11.4 Å². The van der Waals surface area contributed by atoms with Crippen molar-refractivity contribution in [1.29, 1.82) is 0 Å². The van der Waals surface area contributed by atoms with Gasteiger partial charge in [0, 0.05) is 44.6 Å². The number of hydrogen-bond donors (Lipinski definition) is 2. The van der Waals surface area contributed by atoms with Crippen LogP contribution >= 0.6 is 11.3 Å². The molecule has 4 aromatic heterocycles. The molecule has 5 heterocycles. The van der Waals surface area contributed by atoms with Gasteiger partial charge in [-0.15, -0.1) is 11.3 Å². The Kier molecular flexibility index (Phi) is 6.25. The van der Waals surface area contributed by atoms with Crippen LogP contribution in [-0.4, -0.2) is 60.7 Å². The number of hydrogen-bond acceptors (Lipinski definition) is 7. The average molecular weight is 519 g/mol. The number of amides is 2. The number of carbonyl (C=O) groups excluding carboxylic acids is 2. The molecule has 0 atom stereocenters. The zero-order valence-electron chi connectivity index (χ0n) is 21.0. The summed E-state index contributed by atoms with van der Waals surface area (Å²) in [6.45, 7) is 4.56. The summed E-state index contributed by atoms with van der Waals surface area (Å²) in [6, 6.07) is 1.77. The minimum absolute atomic E-state index is 0.00506. The van der Waals surface area contributed by atoms with Crippen LogP contribution in [0, 0.1) is 18.8 Å². The van der Waals surface area contributed by atoms with Crippen molar-refractivity contribution in [2.24, 2.45) is 18.9 Å². The van der Waals surface area contributed by atoms with Crippen LogP contribution in [0.3, 0.4) is 0 Å². The highest BCUT2D eigenvalue weighted by atomic mass is 32.1. The monoisotopic (exact) mass is 518 g/mol. The lowest BCUT2D eigenvalue weighted by Gasteiger charge is -2.39. The summed E-state index contributed by atoms with van der Waals surface area (Å²) in [5, 5.41) is 14.5. The molecule has 0 radical (unpaired) electrons. The van der Waals surface area contributed by atoms with Gasteiger partial charge in [0.2, 0.25) is 5.91 Å². The van der Waals surface area contributed by atoms with Crippen molar-refractivity contribution in [3.05, 3.63) is 48.3 Å². The van der Waals surface area contributed by atoms with Crippen molar-refractivity contribution in [2.45, 2.75) is 32.6 Å². The summed E-state index contributed by atoms with van der Waals surface area (Å²) < 4.78 is 3.45. The normalized spacial score (nSPS) is 16.8. The minimum Gasteiger partial charge on any atom is -0.324 e. The van der Waals surface area contributed by atoms with Gasteiger partial charge in [-0.25, -0.2) is 4.52 Å². The maximum atomic E-state index is 13.2. The van der Waals surface area contributed by atoms with Gasteiger partial charge in [-0.3, -0.25) is 19.3 Å². The molecule has 2 amide bonds. The summed E-state index contributed by atoms with van der Waals surface area (Å²) in [6.07, 6.45) is 14.1. The number of aryl methyl sites for hydroxylation is 2. The minimum atomic E-state index is -0.274. The van der Waals surface area contributed by atoms with Crippen molar-refractivity contribution in [1.82, 2.24) is 29.3 Å². The molecule has 1 saturated carbocycles. The third-order valence-corrected chi connectivity index (χ3v) is 8.51. The van der Waals surface area contributed by atoms with Crippen LogP contribution in [0.2, 0.25) is 0 Å². The first-order valence-electron chi connectivity index (χ1n) is 12.7. The summed E-state index contributed by atoms with van der Waals surface area (Å²) in [5.74, 6) is 0.522. The highest BCUT2D eigenvalue weighted by molar-refractivity contribution is 7.21. The summed E-state index contributed by atoms with van der Waals surface area (Å²) in [5.41, 5.74) is 3.26. The second-order valence-electron chi connectivity index (χ2n) is 10.2. The fourth-order valence-electron chi connectivity index (χ4n) is 5.23. The van der Waals surface area contributed by atoms with E-state index in [4.69, 9.17) is 0 Å². The number of rotatable bonds is 7. The molecule has 192 valence electrons. The molecule has 0 aromatic carbocycles. The Morgan fingerprint density at radius 2 is 1.89 bits per heavy atom. The van der Waals surface area contributed by atoms with E-state index in [0.29, 0.717) is 22.6 Å². The van der Waals surface area contributed by atoms with Gasteiger partial charge in [0.25, 0.3) is 5.91 Å². The van der Waals surface area contributed by atoms with E-state index in [9.17, 15) is 9.59 Å². The molecule has 1 saturated heterocycles. The fourth-order valence-corrected chi connectivity index (χ4v) is 6.26. The molecule has 10 nitrogen and oxygen atoms in total. The number of carbonyl (C=O) groups is 2. The smallest absolute Gasteiger partial charge is 0.260 e. The maximum Gasteiger partial charge on any atom is 0.260 e. The zero-order valence-corrected chi connectivity index (χ0v) is 21.8. The molecule has 11 heteroatoms. The van der Waals surface area contributed by atoms with E-state index in [1.165, 1.54) is 37.0 Å². The molecule has 2 fully saturated rings. The summed E-state index contributed by atoms with van der Waals surface area (Å²) >= 11 is 1.48. The number of thiazole rings is 1. The SMILES string of the molecule is Cc1ncc(NC(=O)C2CN(CC3CCCC3)C2)cc1NC(=O)c1cnn2cc(-c3cnn(C)c3)sc12. The van der Waals surface area contributed by atoms with Gasteiger partial charge >= 0.3 is 0 Å². The molecule has 1 aliphatic heterocycles. The molecule has 4 aromatic rings. The van der Waals surface area contributed by atoms with Gasteiger partial charge in [-0.2, -0.15) is 10.2 Å². The molecular weight excluding hydrogens is 488 g/mol. The quantitative estimate of drug-likeness (QED) is 0.385. The van der Waals surface area contributed by atoms with Gasteiger partial charge in [-0.05, 0) is 31.7 Å². The second-order valence-corrected chi connectivity index (χ2v) is 11.2. The van der Waals surface area contributed by atoms with E-state index >= 15 is 0 Å². The van der Waals surface area contributed by atoms with Gasteiger partial charge in [-0.1, -0.05) is 12.8 Å². The number of pyridine rings is 1. The van der Waals surface area contributed by atoms with Crippen molar-refractivity contribution in [3.8, 4) is 10.4 Å². The Labute approximate surface area is 218 Å². The molecular formula is C26H30N8O2S. The van der Waals surface area contributed by atoms with Crippen molar-refractivity contribution in [2.75, 3.05) is 30.3 Å². The first-order valence-corrected chi connectivity index (χ1v) is 13.5. The third-order valence-electron chi connectivity index (χ3n) is 7.35. The number of nitrogens with one attached hydrogen (secondary N) is 2. The molecule has 37 heavy (non-hydrogen) atoms. The molecule has 2 N–H and O–H groups in total. The van der Waals surface area contributed by atoms with Gasteiger partial charge in [0.1, 0.15) is 4.83 Å². The van der Waals surface area contributed by atoms with Gasteiger partial charge in [0.05, 0.1) is 52.0 Å². The largest absolute Gasteiger partial charge is 0.324 e. The highest BCUT2D eigenvalue weighted by Gasteiger charge is 2.34. The predicted octanol–water partition coefficient (Wildman–Crippen LogP) is 3.81. The van der Waals surface area contributed by atoms with E-state index in [1.807, 2.05) is 26.4 Å². The van der Waals surface area contributed by atoms with Gasteiger partial charge in [0.15, 0.2) is 0 Å². The Balaban J connectivity index is 1.10. The predicted molar refractivity (Wildman–Crippen MR) is 143 cm³/mol. The Bertz CT molecular complexity index is 1460. The number of nitrogens with zero attached hydrogens (tertiary/aromatic N) is 6. The molecule has 6 rings (SSSR count). The number of fused-ring (bicyclic) bond motifs is 1. The lowest BCUT2D eigenvalue weighted by Crippen LogP contribution is -2.53. The molecule has 2 aliphatic rings. The second kappa shape index (κ2) is 9.71. The van der Waals surface area contributed by atoms with E-state index in [1.54, 1.807) is 33.9 Å². The van der Waals surface area contributed by atoms with E-state index < -0.39 is 0 Å². The molecule has 0 bridgehead atoms. The highest BCUT2D eigenvalue weighted by Crippen LogP contribution is 2.31. The van der Waals surface area contributed by atoms with Crippen LogP contribution in [0.1, 0.15) is 41.7 Å². The van der Waals surface area contributed by atoms with E-state index in [2.05, 4.69) is 30.7 Å². The number of anilines is 2. The van der Waals surface area contributed by atoms with Gasteiger partial charge < -0.3 is 15.5 Å². The standard InChI is InChI=1S/C26H30N8O2S/c1-16-22(7-20(9-27-16)30-24(35)19-13-33(14-19)11-17-5-3-4-6-17)31-25(36)21-10-29-34-15-23(37-26(21)34)18-8-28-32(2)12-18/h7-10,12,15,17,19H,3-6,11,13-14H2,1-2H3,(H,30,35)(H,31,36). The number of aromatic nitrogens is 5. The van der Waals surface area contributed by atoms with Crippen molar-refractivity contribution in [3.63, 3.8) is 0 Å². The Morgan fingerprint density at radius 3 is 2.65 bits per heavy atom. The maximum absolute atomic E-state index is 13.2. The third kappa shape index (κ3) is 4.88. The lowest BCUT2D eigenvalue weighted by atomic mass is 9.96. The Morgan fingerprint density at radius 1 is 1.08 bits per heavy atom. The van der Waals surface area contributed by atoms with Crippen molar-refractivity contribution >= 4 is 39.4 Å². The zero-order chi connectivity index (χ0) is 25.5.